The average molecular weight is 299 g/mol. The van der Waals surface area contributed by atoms with E-state index < -0.39 is 18.0 Å². The molecule has 2 rings (SSSR count). The molecule has 22 heavy (non-hydrogen) atoms. The fraction of sp³-hybridized carbons (Fsp3) is 0.176. The third kappa shape index (κ3) is 4.43. The number of carbonyl (C=O) groups excluding carboxylic acids is 1. The molecule has 3 N–H and O–H groups in total. The summed E-state index contributed by atoms with van der Waals surface area (Å²) < 4.78 is 5.22. The Bertz CT molecular complexity index is 637. The minimum atomic E-state index is -1.05. The van der Waals surface area contributed by atoms with E-state index in [0.717, 1.165) is 11.1 Å². The van der Waals surface area contributed by atoms with Crippen molar-refractivity contribution >= 4 is 11.9 Å². The molecule has 0 unspecified atom stereocenters. The van der Waals surface area contributed by atoms with E-state index >= 15 is 0 Å². The number of ether oxygens (including phenoxy) is 1. The van der Waals surface area contributed by atoms with Gasteiger partial charge in [0.25, 0.3) is 0 Å². The number of nitrogens with two attached hydrogens (primary N) is 1. The van der Waals surface area contributed by atoms with Crippen LogP contribution in [-0.4, -0.2) is 23.1 Å². The maximum atomic E-state index is 11.9. The highest BCUT2D eigenvalue weighted by molar-refractivity contribution is 5.89. The Labute approximate surface area is 128 Å². The van der Waals surface area contributed by atoms with Gasteiger partial charge in [-0.1, -0.05) is 42.5 Å². The Kier molecular flexibility index (Phi) is 5.27. The Morgan fingerprint density at radius 3 is 2.23 bits per heavy atom. The number of aliphatic carboxylic acids is 1. The van der Waals surface area contributed by atoms with E-state index in [-0.39, 0.29) is 13.0 Å². The van der Waals surface area contributed by atoms with Gasteiger partial charge in [-0.05, 0) is 29.7 Å². The third-order valence-corrected chi connectivity index (χ3v) is 3.18. The second kappa shape index (κ2) is 7.38. The predicted molar refractivity (Wildman–Crippen MR) is 81.3 cm³/mol. The van der Waals surface area contributed by atoms with E-state index in [1.165, 1.54) is 0 Å². The molecular weight excluding hydrogens is 282 g/mol. The SMILES string of the molecule is N[C@@H](Cc1ccc(C(=O)OCc2ccccc2)cc1)C(=O)O. The second-order valence-electron chi connectivity index (χ2n) is 4.91. The zero-order valence-electron chi connectivity index (χ0n) is 11.9. The van der Waals surface area contributed by atoms with Gasteiger partial charge < -0.3 is 15.6 Å². The smallest absolute Gasteiger partial charge is 0.338 e. The molecule has 5 heteroatoms. The number of carboxylic acid groups (broad SMARTS) is 1. The highest BCUT2D eigenvalue weighted by Crippen LogP contribution is 2.09. The zero-order valence-corrected chi connectivity index (χ0v) is 11.9. The van der Waals surface area contributed by atoms with E-state index in [1.54, 1.807) is 24.3 Å². The Hall–Kier alpha value is -2.66. The maximum absolute atomic E-state index is 11.9. The number of carbonyl (C=O) groups is 2. The van der Waals surface area contributed by atoms with Crippen molar-refractivity contribution in [3.05, 3.63) is 71.3 Å². The largest absolute Gasteiger partial charge is 0.480 e. The number of benzene rings is 2. The summed E-state index contributed by atoms with van der Waals surface area (Å²) >= 11 is 0. The van der Waals surface area contributed by atoms with E-state index in [0.29, 0.717) is 5.56 Å². The lowest BCUT2D eigenvalue weighted by atomic mass is 10.0. The quantitative estimate of drug-likeness (QED) is 0.796. The minimum absolute atomic E-state index is 0.214. The van der Waals surface area contributed by atoms with Gasteiger partial charge in [0.2, 0.25) is 0 Å². The van der Waals surface area contributed by atoms with Crippen LogP contribution in [0.2, 0.25) is 0 Å². The molecule has 0 radical (unpaired) electrons. The van der Waals surface area contributed by atoms with Gasteiger partial charge in [0.05, 0.1) is 5.56 Å². The van der Waals surface area contributed by atoms with Crippen molar-refractivity contribution in [1.29, 1.82) is 0 Å². The summed E-state index contributed by atoms with van der Waals surface area (Å²) in [4.78, 5) is 22.6. The van der Waals surface area contributed by atoms with Crippen LogP contribution in [0.25, 0.3) is 0 Å². The van der Waals surface area contributed by atoms with Crippen LogP contribution in [0.15, 0.2) is 54.6 Å². The van der Waals surface area contributed by atoms with Gasteiger partial charge in [-0.15, -0.1) is 0 Å². The maximum Gasteiger partial charge on any atom is 0.338 e. The molecule has 0 aliphatic rings. The zero-order chi connectivity index (χ0) is 15.9. The van der Waals surface area contributed by atoms with Crippen LogP contribution < -0.4 is 5.73 Å². The fourth-order valence-corrected chi connectivity index (χ4v) is 1.92. The normalized spacial score (nSPS) is 11.7. The van der Waals surface area contributed by atoms with Gasteiger partial charge in [0, 0.05) is 0 Å². The summed E-state index contributed by atoms with van der Waals surface area (Å²) in [5.74, 6) is -1.47. The van der Waals surface area contributed by atoms with Crippen LogP contribution in [0, 0.1) is 0 Å². The van der Waals surface area contributed by atoms with Gasteiger partial charge in [-0.25, -0.2) is 4.79 Å². The number of carboxylic acids is 1. The Morgan fingerprint density at radius 2 is 1.64 bits per heavy atom. The summed E-state index contributed by atoms with van der Waals surface area (Å²) in [6.07, 6.45) is 0.217. The highest BCUT2D eigenvalue weighted by atomic mass is 16.5. The molecule has 0 fully saturated rings. The van der Waals surface area contributed by atoms with E-state index in [1.807, 2.05) is 30.3 Å². The van der Waals surface area contributed by atoms with Crippen LogP contribution in [0.5, 0.6) is 0 Å². The van der Waals surface area contributed by atoms with Crippen LogP contribution >= 0.6 is 0 Å². The monoisotopic (exact) mass is 299 g/mol. The molecule has 2 aromatic carbocycles. The first-order valence-corrected chi connectivity index (χ1v) is 6.84. The number of hydrogen-bond acceptors (Lipinski definition) is 4. The first-order valence-electron chi connectivity index (χ1n) is 6.84. The van der Waals surface area contributed by atoms with Crippen molar-refractivity contribution < 1.29 is 19.4 Å². The third-order valence-electron chi connectivity index (χ3n) is 3.18. The van der Waals surface area contributed by atoms with Crippen LogP contribution in [0.3, 0.4) is 0 Å². The molecule has 5 nitrogen and oxygen atoms in total. The van der Waals surface area contributed by atoms with Crippen LogP contribution in [0.4, 0.5) is 0 Å². The molecule has 0 spiro atoms. The van der Waals surface area contributed by atoms with Crippen molar-refractivity contribution in [2.24, 2.45) is 5.73 Å². The number of rotatable bonds is 6. The summed E-state index contributed by atoms with van der Waals surface area (Å²) in [5.41, 5.74) is 7.56. The van der Waals surface area contributed by atoms with E-state index in [2.05, 4.69) is 0 Å². The molecule has 0 aromatic heterocycles. The van der Waals surface area contributed by atoms with Crippen molar-refractivity contribution in [3.8, 4) is 0 Å². The molecule has 0 saturated heterocycles. The van der Waals surface area contributed by atoms with E-state index in [4.69, 9.17) is 15.6 Å². The molecule has 1 atom stereocenters. The van der Waals surface area contributed by atoms with Gasteiger partial charge in [0.1, 0.15) is 12.6 Å². The fourth-order valence-electron chi connectivity index (χ4n) is 1.92. The first kappa shape index (κ1) is 15.7. The molecule has 0 amide bonds. The van der Waals surface area contributed by atoms with Gasteiger partial charge in [0.15, 0.2) is 0 Å². The van der Waals surface area contributed by atoms with Crippen molar-refractivity contribution in [1.82, 2.24) is 0 Å². The van der Waals surface area contributed by atoms with Crippen molar-refractivity contribution in [3.63, 3.8) is 0 Å². The van der Waals surface area contributed by atoms with Crippen LogP contribution in [0.1, 0.15) is 21.5 Å². The molecule has 0 bridgehead atoms. The van der Waals surface area contributed by atoms with Gasteiger partial charge in [-0.3, -0.25) is 4.79 Å². The topological polar surface area (TPSA) is 89.6 Å². The lowest BCUT2D eigenvalue weighted by Crippen LogP contribution is -2.32. The summed E-state index contributed by atoms with van der Waals surface area (Å²) in [6, 6.07) is 15.0. The van der Waals surface area contributed by atoms with Crippen LogP contribution in [-0.2, 0) is 22.6 Å². The molecule has 2 aromatic rings. The lowest BCUT2D eigenvalue weighted by Gasteiger charge is -2.08. The Morgan fingerprint density at radius 1 is 1.00 bits per heavy atom. The molecule has 114 valence electrons. The molecular formula is C17H17NO4. The Balaban J connectivity index is 1.92. The first-order chi connectivity index (χ1) is 10.6. The highest BCUT2D eigenvalue weighted by Gasteiger charge is 2.13. The molecule has 0 saturated carbocycles. The number of hydrogen-bond donors (Lipinski definition) is 2. The van der Waals surface area contributed by atoms with Gasteiger partial charge >= 0.3 is 11.9 Å². The molecule has 0 aliphatic carbocycles. The standard InChI is InChI=1S/C17H17NO4/c18-15(16(19)20)10-12-6-8-14(9-7-12)17(21)22-11-13-4-2-1-3-5-13/h1-9,15H,10-11,18H2,(H,19,20)/t15-/m0/s1. The number of esters is 1. The minimum Gasteiger partial charge on any atom is -0.480 e. The van der Waals surface area contributed by atoms with Crippen molar-refractivity contribution in [2.75, 3.05) is 0 Å². The van der Waals surface area contributed by atoms with E-state index in [9.17, 15) is 9.59 Å². The average Bonchev–Trinajstić information content (AvgIpc) is 2.54. The summed E-state index contributed by atoms with van der Waals surface area (Å²) in [7, 11) is 0. The predicted octanol–water partition coefficient (Wildman–Crippen LogP) is 2.00. The lowest BCUT2D eigenvalue weighted by molar-refractivity contribution is -0.138. The van der Waals surface area contributed by atoms with Crippen molar-refractivity contribution in [2.45, 2.75) is 19.1 Å². The molecule has 0 aliphatic heterocycles. The summed E-state index contributed by atoms with van der Waals surface area (Å²) in [5, 5.41) is 8.77. The molecule has 0 heterocycles. The second-order valence-corrected chi connectivity index (χ2v) is 4.91. The van der Waals surface area contributed by atoms with Gasteiger partial charge in [-0.2, -0.15) is 0 Å². The summed E-state index contributed by atoms with van der Waals surface area (Å²) in [6.45, 7) is 0.214.